The van der Waals surface area contributed by atoms with Crippen LogP contribution in [0.25, 0.3) is 121 Å². The largest absolute Gasteiger partial charge is 0.456 e. The van der Waals surface area contributed by atoms with Gasteiger partial charge in [-0.05, 0) is 606 Å². The Hall–Kier alpha value is -10.6. The van der Waals surface area contributed by atoms with Crippen molar-refractivity contribution in [1.29, 1.82) is 0 Å². The summed E-state index contributed by atoms with van der Waals surface area (Å²) >= 11 is 3.97. The molecule has 4 heteroatoms. The minimum absolute atomic E-state index is 0.936. The van der Waals surface area contributed by atoms with E-state index >= 15 is 0 Å². The Morgan fingerprint density at radius 2 is 0.477 bits per heavy atom. The van der Waals surface area contributed by atoms with E-state index in [0.717, 1.165) is 23.0 Å². The fourth-order valence-electron chi connectivity index (χ4n) is 22.8. The van der Waals surface area contributed by atoms with Crippen LogP contribution in [0.2, 0.25) is 0 Å². The third kappa shape index (κ3) is 13.3. The first-order chi connectivity index (χ1) is 60.2. The van der Waals surface area contributed by atoms with Crippen LogP contribution in [-0.4, -0.2) is 0 Å². The number of fused-ring (bicyclic) bond motifs is 23. The van der Waals surface area contributed by atoms with Gasteiger partial charge in [0.15, 0.2) is 0 Å². The van der Waals surface area contributed by atoms with E-state index in [-0.39, 0.29) is 0 Å². The van der Waals surface area contributed by atoms with Crippen molar-refractivity contribution in [1.82, 2.24) is 0 Å². The van der Waals surface area contributed by atoms with E-state index < -0.39 is 0 Å². The Labute approximate surface area is 775 Å². The van der Waals surface area contributed by atoms with Gasteiger partial charge in [0.05, 0.1) is 0 Å². The molecule has 4 heterocycles. The molecular weight excluding hydrogens is 1590 g/mol. The number of hydrogen-bond acceptors (Lipinski definition) is 4. The van der Waals surface area contributed by atoms with Crippen LogP contribution in [-0.2, 0) is 0 Å². The predicted molar refractivity (Wildman–Crippen MR) is 560 cm³/mol. The second-order valence-corrected chi connectivity index (χ2v) is 41.3. The molecule has 0 amide bonds. The Bertz CT molecular complexity index is 7280. The molecule has 0 saturated carbocycles. The van der Waals surface area contributed by atoms with E-state index in [1.807, 2.05) is 23.5 Å². The third-order valence-electron chi connectivity index (χ3n) is 33.6. The lowest BCUT2D eigenvalue weighted by Gasteiger charge is -2.24. The highest BCUT2D eigenvalue weighted by Crippen LogP contribution is 2.62. The number of rotatable bonds is 0. The van der Waals surface area contributed by atoms with Crippen LogP contribution in [0.15, 0.2) is 105 Å². The lowest BCUT2D eigenvalue weighted by atomic mass is 9.79. The van der Waals surface area contributed by atoms with Crippen molar-refractivity contribution in [2.45, 2.75) is 297 Å². The summed E-state index contributed by atoms with van der Waals surface area (Å²) in [6.07, 6.45) is 0. The van der Waals surface area contributed by atoms with Crippen molar-refractivity contribution < 1.29 is 9.47 Å². The molecule has 0 bridgehead atoms. The van der Waals surface area contributed by atoms with Crippen molar-refractivity contribution in [3.05, 3.63) is 307 Å². The van der Waals surface area contributed by atoms with Crippen LogP contribution in [0.4, 0.5) is 0 Å². The second kappa shape index (κ2) is 32.8. The van der Waals surface area contributed by atoms with Gasteiger partial charge in [0.1, 0.15) is 23.0 Å². The first-order valence-corrected chi connectivity index (χ1v) is 48.1. The minimum atomic E-state index is 0.936. The summed E-state index contributed by atoms with van der Waals surface area (Å²) in [5.74, 6) is 4.00. The lowest BCUT2D eigenvalue weighted by Crippen LogP contribution is -2.03. The third-order valence-corrected chi connectivity index (χ3v) is 36.3. The molecule has 0 radical (unpaired) electrons. The average Bonchev–Trinajstić information content (AvgIpc) is 1.45. The zero-order valence-corrected chi connectivity index (χ0v) is 86.3. The number of benzene rings is 15. The highest BCUT2D eigenvalue weighted by Gasteiger charge is 2.37. The van der Waals surface area contributed by atoms with E-state index in [9.17, 15) is 0 Å². The van der Waals surface area contributed by atoms with Crippen LogP contribution < -0.4 is 9.47 Å². The van der Waals surface area contributed by atoms with Crippen LogP contribution >= 0.6 is 23.5 Å². The van der Waals surface area contributed by atoms with Crippen LogP contribution in [0, 0.1) is 277 Å². The summed E-state index contributed by atoms with van der Waals surface area (Å²) < 4.78 is 13.8. The minimum Gasteiger partial charge on any atom is -0.456 e. The highest BCUT2D eigenvalue weighted by atomic mass is 32.2. The SMILES string of the molecule is Cc1cc2c(c(C)c1C)-c1c(C)c(C)c(C)c(C)c1Oc1c-2c(C)c2c(C)c(C)c(C)c(C)c2c1C.Cc1cc2c(c(C)c1C)-c1c(C)c(C)c(C)c(C)c1Sc1c-2c(C)c2c(C)c(C)c(C)c(C)c2c1C.Cc1cc2c(c(C)c1C)-c1c(C)c(C)c(C)c(C)c1Sc1ccccc1-2.Cc1ccc2cc3c(c(C)c2c1C)-c1c(C)c(C)c(C)c(C)c1Oc1ccccc1-3. The number of hydrogen-bond donors (Lipinski definition) is 0. The predicted octanol–water partition coefficient (Wildman–Crippen LogP) is 37.0. The quantitative estimate of drug-likeness (QED) is 0.151. The Morgan fingerprint density at radius 3 is 0.961 bits per heavy atom. The summed E-state index contributed by atoms with van der Waals surface area (Å²) in [7, 11) is 0. The standard InChI is InChI=1S/C35H40O.C35H40S.C29H28O.C25H26S/c2*1-15-14-28-31(21(7)16(15)2)33-24(10)19(5)20(6)25(11)34(33)36-35-27(13)30-23(9)18(4)17(3)22(8)29(30)26(12)32(28)35;1-15-12-13-22-14-24-23-10-8-9-11-25(23)30-29-20(6)18(4)17(3)19(5)28(29)27(24)21(7)26(22)16(15)2;1-13-12-21-20-10-8-9-11-22(20)26-25-19(7)16(4)15(3)18(6)24(25)23(21)17(5)14(13)2/h2*14H,1-13H3;8-14H,1-7H3;8-12H,1-7H3. The first kappa shape index (κ1) is 90.7. The van der Waals surface area contributed by atoms with E-state index in [0.29, 0.717) is 0 Å². The van der Waals surface area contributed by atoms with Crippen molar-refractivity contribution in [2.75, 3.05) is 0 Å². The van der Waals surface area contributed by atoms with Gasteiger partial charge in [0.2, 0.25) is 0 Å². The van der Waals surface area contributed by atoms with Gasteiger partial charge in [-0.15, -0.1) is 0 Å². The topological polar surface area (TPSA) is 18.5 Å². The van der Waals surface area contributed by atoms with Crippen molar-refractivity contribution in [3.8, 4) is 112 Å². The first-order valence-electron chi connectivity index (χ1n) is 46.5. The molecule has 15 aromatic rings. The molecule has 0 atom stereocenters. The van der Waals surface area contributed by atoms with Crippen molar-refractivity contribution in [3.63, 3.8) is 0 Å². The van der Waals surface area contributed by atoms with Crippen molar-refractivity contribution in [2.24, 2.45) is 0 Å². The smallest absolute Gasteiger partial charge is 0.139 e. The normalized spacial score (nSPS) is 12.3. The van der Waals surface area contributed by atoms with Gasteiger partial charge in [-0.3, -0.25) is 0 Å². The summed E-state index contributed by atoms with van der Waals surface area (Å²) in [6.45, 7) is 91.3. The summed E-state index contributed by atoms with van der Waals surface area (Å²) in [5.41, 5.74) is 76.8. The second-order valence-electron chi connectivity index (χ2n) is 39.3. The number of ether oxygens (including phenoxy) is 2. The van der Waals surface area contributed by atoms with E-state index in [4.69, 9.17) is 9.47 Å². The maximum absolute atomic E-state index is 7.15. The molecule has 0 saturated heterocycles. The molecule has 4 aliphatic heterocycles. The van der Waals surface area contributed by atoms with Gasteiger partial charge in [-0.1, -0.05) is 90.3 Å². The molecule has 0 aliphatic carbocycles. The molecule has 2 nitrogen and oxygen atoms in total. The zero-order valence-electron chi connectivity index (χ0n) is 84.7. The van der Waals surface area contributed by atoms with Crippen LogP contribution in [0.3, 0.4) is 0 Å². The van der Waals surface area contributed by atoms with Gasteiger partial charge in [-0.25, -0.2) is 0 Å². The van der Waals surface area contributed by atoms with Gasteiger partial charge < -0.3 is 9.47 Å². The zero-order chi connectivity index (χ0) is 93.1. The molecule has 4 aliphatic rings. The molecule has 128 heavy (non-hydrogen) atoms. The molecule has 0 unspecified atom stereocenters. The van der Waals surface area contributed by atoms with Gasteiger partial charge in [0.25, 0.3) is 0 Å². The molecule has 0 N–H and O–H groups in total. The molecule has 0 fully saturated rings. The van der Waals surface area contributed by atoms with Gasteiger partial charge >= 0.3 is 0 Å². The van der Waals surface area contributed by atoms with Gasteiger partial charge in [-0.2, -0.15) is 0 Å². The molecule has 19 rings (SSSR count). The monoisotopic (exact) mass is 1720 g/mol. The fourth-order valence-corrected chi connectivity index (χ4v) is 25.6. The average molecular weight is 1720 g/mol. The fraction of sp³-hybridized carbons (Fsp3) is 0.323. The Morgan fingerprint density at radius 1 is 0.164 bits per heavy atom. The van der Waals surface area contributed by atoms with Crippen LogP contribution in [0.1, 0.15) is 223 Å². The lowest BCUT2D eigenvalue weighted by molar-refractivity contribution is 0.479. The summed E-state index contributed by atoms with van der Waals surface area (Å²) in [6, 6.07) is 31.5. The maximum atomic E-state index is 7.15. The van der Waals surface area contributed by atoms with Gasteiger partial charge in [0, 0.05) is 53.0 Å². The molecule has 0 aromatic heterocycles. The highest BCUT2D eigenvalue weighted by molar-refractivity contribution is 8.00. The molecule has 0 spiro atoms. The van der Waals surface area contributed by atoms with E-state index in [1.54, 1.807) is 0 Å². The van der Waals surface area contributed by atoms with Crippen molar-refractivity contribution >= 4 is 55.8 Å². The number of aryl methyl sites for hydroxylation is 14. The summed E-state index contributed by atoms with van der Waals surface area (Å²) in [4.78, 5) is 5.69. The Balaban J connectivity index is 0.000000126. The summed E-state index contributed by atoms with van der Waals surface area (Å²) in [5, 5.41) is 8.34. The molecule has 654 valence electrons. The maximum Gasteiger partial charge on any atom is 0.139 e. The number of para-hydroxylation sites is 1. The molecular formula is C124H134O2S2. The van der Waals surface area contributed by atoms with E-state index in [2.05, 4.69) is 362 Å². The Kier molecular flexibility index (Phi) is 23.2. The van der Waals surface area contributed by atoms with E-state index in [1.165, 1.54) is 363 Å². The molecule has 15 aromatic carbocycles. The van der Waals surface area contributed by atoms with Crippen LogP contribution in [0.5, 0.6) is 23.0 Å².